The summed E-state index contributed by atoms with van der Waals surface area (Å²) in [6.45, 7) is 6.43. The molecule has 3 heterocycles. The second-order valence-electron chi connectivity index (χ2n) is 8.59. The van der Waals surface area contributed by atoms with Crippen LogP contribution in [0, 0.1) is 5.82 Å². The van der Waals surface area contributed by atoms with Crippen molar-refractivity contribution in [1.29, 1.82) is 0 Å². The van der Waals surface area contributed by atoms with E-state index in [1.807, 2.05) is 52.2 Å². The van der Waals surface area contributed by atoms with Crippen LogP contribution >= 0.6 is 0 Å². The van der Waals surface area contributed by atoms with Crippen molar-refractivity contribution in [2.45, 2.75) is 26.4 Å². The van der Waals surface area contributed by atoms with Gasteiger partial charge >= 0.3 is 6.09 Å². The lowest BCUT2D eigenvalue weighted by Crippen LogP contribution is -2.35. The molecule has 7 heteroatoms. The first-order valence-corrected chi connectivity index (χ1v) is 10.1. The number of nitrogens with zero attached hydrogens (tertiary/aromatic N) is 4. The molecule has 0 atom stereocenters. The Morgan fingerprint density at radius 2 is 1.87 bits per heavy atom. The number of benzene rings is 1. The Balaban J connectivity index is 1.68. The van der Waals surface area contributed by atoms with Crippen LogP contribution in [0.1, 0.15) is 26.5 Å². The first-order chi connectivity index (χ1) is 14.7. The molecule has 6 nitrogen and oxygen atoms in total. The molecule has 0 N–H and O–H groups in total. The first-order valence-electron chi connectivity index (χ1n) is 10.1. The predicted molar refractivity (Wildman–Crippen MR) is 118 cm³/mol. The van der Waals surface area contributed by atoms with Crippen molar-refractivity contribution in [3.63, 3.8) is 0 Å². The van der Waals surface area contributed by atoms with Crippen LogP contribution in [0.5, 0.6) is 0 Å². The van der Waals surface area contributed by atoms with Crippen molar-refractivity contribution >= 4 is 11.7 Å². The number of carbonyl (C=O) groups is 1. The van der Waals surface area contributed by atoms with Crippen LogP contribution < -0.4 is 0 Å². The third-order valence-corrected chi connectivity index (χ3v) is 4.93. The molecule has 0 radical (unpaired) electrons. The predicted octanol–water partition coefficient (Wildman–Crippen LogP) is 4.92. The van der Waals surface area contributed by atoms with Crippen molar-refractivity contribution < 1.29 is 13.9 Å². The molecule has 0 unspecified atom stereocenters. The lowest BCUT2D eigenvalue weighted by atomic mass is 9.99. The van der Waals surface area contributed by atoms with Gasteiger partial charge in [-0.15, -0.1) is 0 Å². The van der Waals surface area contributed by atoms with Crippen LogP contribution in [0.15, 0.2) is 54.9 Å². The Hall–Kier alpha value is -3.48. The van der Waals surface area contributed by atoms with Crippen molar-refractivity contribution in [1.82, 2.24) is 19.7 Å². The minimum absolute atomic E-state index is 0.281. The monoisotopic (exact) mass is 420 g/mol. The summed E-state index contributed by atoms with van der Waals surface area (Å²) in [4.78, 5) is 18.8. The minimum atomic E-state index is -0.548. The van der Waals surface area contributed by atoms with E-state index in [4.69, 9.17) is 9.72 Å². The molecule has 1 aliphatic rings. The van der Waals surface area contributed by atoms with Crippen molar-refractivity contribution in [2.75, 3.05) is 13.1 Å². The largest absolute Gasteiger partial charge is 0.444 e. The Kier molecular flexibility index (Phi) is 5.35. The number of rotatable bonds is 3. The van der Waals surface area contributed by atoms with Gasteiger partial charge in [-0.1, -0.05) is 18.2 Å². The maximum atomic E-state index is 13.3. The second-order valence-corrected chi connectivity index (χ2v) is 8.59. The standard InChI is InChI=1S/C24H25FN4O2/c1-24(2,3)31-23(30)29-12-9-17(15-29)22-20(21-10-11-28(4)27-21)13-18(14-26-22)16-5-7-19(25)8-6-16/h5-11,13-14H,12,15H2,1-4H3. The van der Waals surface area contributed by atoms with Crippen molar-refractivity contribution in [2.24, 2.45) is 7.05 Å². The number of aromatic nitrogens is 3. The van der Waals surface area contributed by atoms with E-state index in [1.54, 1.807) is 27.9 Å². The van der Waals surface area contributed by atoms with E-state index in [1.165, 1.54) is 12.1 Å². The molecular formula is C24H25FN4O2. The molecule has 0 saturated carbocycles. The molecular weight excluding hydrogens is 395 g/mol. The van der Waals surface area contributed by atoms with Crippen LogP contribution in [-0.2, 0) is 11.8 Å². The fourth-order valence-corrected chi connectivity index (χ4v) is 3.47. The van der Waals surface area contributed by atoms with Crippen LogP contribution in [0.3, 0.4) is 0 Å². The topological polar surface area (TPSA) is 60.2 Å². The van der Waals surface area contributed by atoms with Gasteiger partial charge in [0.05, 0.1) is 17.9 Å². The summed E-state index contributed by atoms with van der Waals surface area (Å²) in [5, 5.41) is 4.55. The van der Waals surface area contributed by atoms with Crippen molar-refractivity contribution in [3.8, 4) is 22.4 Å². The highest BCUT2D eigenvalue weighted by Crippen LogP contribution is 2.33. The molecule has 3 aromatic rings. The molecule has 0 saturated heterocycles. The number of amides is 1. The van der Waals surface area contributed by atoms with Gasteiger partial charge < -0.3 is 9.64 Å². The molecule has 0 aliphatic carbocycles. The molecule has 2 aromatic heterocycles. The molecule has 0 spiro atoms. The summed E-state index contributed by atoms with van der Waals surface area (Å²) in [5.41, 5.74) is 4.55. The second kappa shape index (κ2) is 7.98. The summed E-state index contributed by atoms with van der Waals surface area (Å²) >= 11 is 0. The Bertz CT molecular complexity index is 1140. The Morgan fingerprint density at radius 3 is 2.52 bits per heavy atom. The van der Waals surface area contributed by atoms with E-state index in [0.717, 1.165) is 33.7 Å². The van der Waals surface area contributed by atoms with Gasteiger partial charge in [0.2, 0.25) is 0 Å². The highest BCUT2D eigenvalue weighted by atomic mass is 19.1. The molecule has 31 heavy (non-hydrogen) atoms. The van der Waals surface area contributed by atoms with Gasteiger partial charge in [0.1, 0.15) is 11.4 Å². The van der Waals surface area contributed by atoms with E-state index < -0.39 is 5.60 Å². The smallest absolute Gasteiger partial charge is 0.410 e. The number of pyridine rings is 1. The van der Waals surface area contributed by atoms with Gasteiger partial charge in [-0.25, -0.2) is 9.18 Å². The summed E-state index contributed by atoms with van der Waals surface area (Å²) < 4.78 is 20.6. The number of carbonyl (C=O) groups excluding carboxylic acids is 1. The molecule has 1 aromatic carbocycles. The van der Waals surface area contributed by atoms with Gasteiger partial charge in [0.15, 0.2) is 0 Å². The zero-order chi connectivity index (χ0) is 22.2. The lowest BCUT2D eigenvalue weighted by Gasteiger charge is -2.24. The molecule has 0 fully saturated rings. The molecule has 1 aliphatic heterocycles. The number of halogens is 1. The van der Waals surface area contributed by atoms with Crippen molar-refractivity contribution in [3.05, 3.63) is 66.4 Å². The van der Waals surface area contributed by atoms with Crippen LogP contribution in [-0.4, -0.2) is 44.4 Å². The minimum Gasteiger partial charge on any atom is -0.444 e. The fraction of sp³-hybridized carbons (Fsp3) is 0.292. The summed E-state index contributed by atoms with van der Waals surface area (Å²) in [7, 11) is 1.86. The van der Waals surface area contributed by atoms with Gasteiger partial charge in [-0.2, -0.15) is 5.10 Å². The molecule has 160 valence electrons. The van der Waals surface area contributed by atoms with Gasteiger partial charge in [-0.05, 0) is 56.2 Å². The van der Waals surface area contributed by atoms with Gasteiger partial charge in [0, 0.05) is 37.1 Å². The van der Waals surface area contributed by atoms with Crippen LogP contribution in [0.2, 0.25) is 0 Å². The van der Waals surface area contributed by atoms with E-state index >= 15 is 0 Å². The average molecular weight is 420 g/mol. The number of hydrogen-bond donors (Lipinski definition) is 0. The van der Waals surface area contributed by atoms with Gasteiger partial charge in [0.25, 0.3) is 0 Å². The van der Waals surface area contributed by atoms with Crippen LogP contribution in [0.4, 0.5) is 9.18 Å². The maximum Gasteiger partial charge on any atom is 0.410 e. The Labute approximate surface area is 181 Å². The normalized spacial score (nSPS) is 14.0. The zero-order valence-corrected chi connectivity index (χ0v) is 18.1. The summed E-state index contributed by atoms with van der Waals surface area (Å²) in [6.07, 6.45) is 5.29. The summed E-state index contributed by atoms with van der Waals surface area (Å²) in [6, 6.07) is 10.3. The Morgan fingerprint density at radius 1 is 1.13 bits per heavy atom. The SMILES string of the molecule is Cn1ccc(-c2cc(-c3ccc(F)cc3)cnc2C2=CCN(C(=O)OC(C)(C)C)C2)n1. The fourth-order valence-electron chi connectivity index (χ4n) is 3.47. The highest BCUT2D eigenvalue weighted by Gasteiger charge is 2.27. The highest BCUT2D eigenvalue weighted by molar-refractivity contribution is 5.84. The van der Waals surface area contributed by atoms with E-state index in [9.17, 15) is 9.18 Å². The maximum absolute atomic E-state index is 13.3. The van der Waals surface area contributed by atoms with Crippen LogP contribution in [0.25, 0.3) is 28.0 Å². The van der Waals surface area contributed by atoms with E-state index in [-0.39, 0.29) is 11.9 Å². The van der Waals surface area contributed by atoms with E-state index in [2.05, 4.69) is 5.10 Å². The average Bonchev–Trinajstić information content (AvgIpc) is 3.36. The molecule has 0 bridgehead atoms. The number of hydrogen-bond acceptors (Lipinski definition) is 4. The first kappa shape index (κ1) is 20.8. The number of aryl methyl sites for hydroxylation is 1. The third-order valence-electron chi connectivity index (χ3n) is 4.93. The lowest BCUT2D eigenvalue weighted by molar-refractivity contribution is 0.0306. The number of ether oxygens (including phenoxy) is 1. The molecule has 4 rings (SSSR count). The van der Waals surface area contributed by atoms with Gasteiger partial charge in [-0.3, -0.25) is 9.67 Å². The summed E-state index contributed by atoms with van der Waals surface area (Å²) in [5.74, 6) is -0.281. The van der Waals surface area contributed by atoms with E-state index in [0.29, 0.717) is 13.1 Å². The quantitative estimate of drug-likeness (QED) is 0.603. The molecule has 1 amide bonds. The zero-order valence-electron chi connectivity index (χ0n) is 18.1. The third kappa shape index (κ3) is 4.66.